The average molecular weight is 390 g/mol. The van der Waals surface area contributed by atoms with Crippen LogP contribution in [0.15, 0.2) is 30.3 Å². The summed E-state index contributed by atoms with van der Waals surface area (Å²) in [6, 6.07) is 9.93. The van der Waals surface area contributed by atoms with Gasteiger partial charge in [0, 0.05) is 6.42 Å². The highest BCUT2D eigenvalue weighted by atomic mass is 127. The second kappa shape index (κ2) is 7.38. The fraction of sp³-hybridized carbons (Fsp3) is 0.533. The number of hydrogen-bond acceptors (Lipinski definition) is 4. The molecule has 110 valence electrons. The quantitative estimate of drug-likeness (QED) is 0.477. The zero-order valence-electron chi connectivity index (χ0n) is 11.4. The van der Waals surface area contributed by atoms with E-state index < -0.39 is 6.10 Å². The molecular formula is C15H19IO4. The second-order valence-corrected chi connectivity index (χ2v) is 6.35. The van der Waals surface area contributed by atoms with Gasteiger partial charge in [-0.05, 0) is 18.4 Å². The predicted octanol–water partition coefficient (Wildman–Crippen LogP) is 2.63. The van der Waals surface area contributed by atoms with Crippen LogP contribution >= 0.6 is 22.6 Å². The lowest BCUT2D eigenvalue weighted by Crippen LogP contribution is -2.26. The number of carbonyl (C=O) groups is 1. The molecule has 4 atom stereocenters. The molecule has 0 spiro atoms. The van der Waals surface area contributed by atoms with Crippen molar-refractivity contribution in [2.75, 3.05) is 7.11 Å². The van der Waals surface area contributed by atoms with Crippen LogP contribution in [0, 0.1) is 0 Å². The number of hydrogen-bond donors (Lipinski definition) is 1. The molecule has 1 aliphatic rings. The summed E-state index contributed by atoms with van der Waals surface area (Å²) in [6.07, 6.45) is 0.892. The number of methoxy groups -OCH3 is 1. The molecule has 1 fully saturated rings. The zero-order valence-corrected chi connectivity index (χ0v) is 13.5. The Hall–Kier alpha value is -0.660. The summed E-state index contributed by atoms with van der Waals surface area (Å²) >= 11 is 2.24. The normalized spacial score (nSPS) is 29.4. The lowest BCUT2D eigenvalue weighted by Gasteiger charge is -2.14. The van der Waals surface area contributed by atoms with E-state index in [4.69, 9.17) is 4.74 Å². The molecule has 0 saturated carbocycles. The van der Waals surface area contributed by atoms with Gasteiger partial charge in [-0.15, -0.1) is 0 Å². The van der Waals surface area contributed by atoms with E-state index in [0.717, 1.165) is 5.56 Å². The predicted molar refractivity (Wildman–Crippen MR) is 83.7 cm³/mol. The van der Waals surface area contributed by atoms with Crippen LogP contribution in [-0.2, 0) is 14.3 Å². The van der Waals surface area contributed by atoms with Crippen molar-refractivity contribution >= 4 is 28.6 Å². The van der Waals surface area contributed by atoms with Crippen molar-refractivity contribution in [3.8, 4) is 0 Å². The molecule has 0 aliphatic carbocycles. The Morgan fingerprint density at radius 2 is 2.10 bits per heavy atom. The Kier molecular flexibility index (Phi) is 5.80. The zero-order chi connectivity index (χ0) is 14.5. The van der Waals surface area contributed by atoms with Crippen LogP contribution in [0.4, 0.5) is 0 Å². The van der Waals surface area contributed by atoms with Crippen LogP contribution in [0.1, 0.15) is 30.9 Å². The van der Waals surface area contributed by atoms with Crippen LogP contribution in [0.5, 0.6) is 0 Å². The molecule has 0 aromatic heterocycles. The second-order valence-electron chi connectivity index (χ2n) is 4.91. The maximum atomic E-state index is 11.1. The minimum atomic E-state index is -0.501. The van der Waals surface area contributed by atoms with Crippen molar-refractivity contribution in [1.82, 2.24) is 0 Å². The minimum absolute atomic E-state index is 0.0260. The Morgan fingerprint density at radius 1 is 1.40 bits per heavy atom. The first kappa shape index (κ1) is 15.7. The number of alkyl halides is 1. The molecule has 0 amide bonds. The van der Waals surface area contributed by atoms with Crippen LogP contribution in [-0.4, -0.2) is 34.3 Å². The molecule has 1 heterocycles. The number of benzene rings is 1. The molecule has 0 bridgehead atoms. The van der Waals surface area contributed by atoms with Crippen LogP contribution in [0.25, 0.3) is 0 Å². The van der Waals surface area contributed by atoms with E-state index in [1.54, 1.807) is 0 Å². The topological polar surface area (TPSA) is 55.8 Å². The van der Waals surface area contributed by atoms with E-state index in [-0.39, 0.29) is 22.1 Å². The van der Waals surface area contributed by atoms with Gasteiger partial charge in [0.2, 0.25) is 0 Å². The maximum absolute atomic E-state index is 11.1. The monoisotopic (exact) mass is 390 g/mol. The van der Waals surface area contributed by atoms with Crippen molar-refractivity contribution in [1.29, 1.82) is 0 Å². The fourth-order valence-electron chi connectivity index (χ4n) is 2.42. The number of aliphatic hydroxyl groups excluding tert-OH is 1. The first-order valence-electron chi connectivity index (χ1n) is 6.73. The number of rotatable bonds is 5. The standard InChI is InChI=1S/C15H19IO4/c1-19-12(17)9-5-8-11-14(18)13(16)15(20-11)10-6-3-2-4-7-10/h2-4,6-7,11,13-15,18H,5,8-9H2,1H3/t11-,13-,14-,15-/m0/s1. The molecule has 1 aromatic carbocycles. The largest absolute Gasteiger partial charge is 0.469 e. The Bertz CT molecular complexity index is 437. The molecule has 1 aliphatic heterocycles. The first-order valence-corrected chi connectivity index (χ1v) is 7.97. The van der Waals surface area contributed by atoms with Gasteiger partial charge >= 0.3 is 5.97 Å². The molecule has 0 radical (unpaired) electrons. The van der Waals surface area contributed by atoms with Crippen LogP contribution < -0.4 is 0 Å². The van der Waals surface area contributed by atoms with Gasteiger partial charge in [-0.3, -0.25) is 4.79 Å². The van der Waals surface area contributed by atoms with E-state index in [0.29, 0.717) is 19.3 Å². The number of carbonyl (C=O) groups excluding carboxylic acids is 1. The lowest BCUT2D eigenvalue weighted by atomic mass is 10.0. The van der Waals surface area contributed by atoms with E-state index in [1.807, 2.05) is 30.3 Å². The highest BCUT2D eigenvalue weighted by Gasteiger charge is 2.42. The fourth-order valence-corrected chi connectivity index (χ4v) is 3.47. The number of esters is 1. The van der Waals surface area contributed by atoms with Crippen molar-refractivity contribution in [2.24, 2.45) is 0 Å². The Labute approximate surface area is 132 Å². The first-order chi connectivity index (χ1) is 9.63. The van der Waals surface area contributed by atoms with E-state index >= 15 is 0 Å². The lowest BCUT2D eigenvalue weighted by molar-refractivity contribution is -0.140. The maximum Gasteiger partial charge on any atom is 0.305 e. The average Bonchev–Trinajstić information content (AvgIpc) is 2.76. The van der Waals surface area contributed by atoms with Gasteiger partial charge < -0.3 is 14.6 Å². The molecular weight excluding hydrogens is 371 g/mol. The smallest absolute Gasteiger partial charge is 0.305 e. The Balaban J connectivity index is 1.92. The summed E-state index contributed by atoms with van der Waals surface area (Å²) < 4.78 is 10.6. The van der Waals surface area contributed by atoms with Gasteiger partial charge in [-0.25, -0.2) is 0 Å². The number of aliphatic hydroxyl groups is 1. The third-order valence-electron chi connectivity index (χ3n) is 3.54. The molecule has 5 heteroatoms. The summed E-state index contributed by atoms with van der Waals surface area (Å²) in [5, 5.41) is 10.3. The molecule has 2 rings (SSSR count). The van der Waals surface area contributed by atoms with E-state index in [1.165, 1.54) is 7.11 Å². The molecule has 4 nitrogen and oxygen atoms in total. The van der Waals surface area contributed by atoms with Gasteiger partial charge in [0.25, 0.3) is 0 Å². The van der Waals surface area contributed by atoms with Gasteiger partial charge in [0.05, 0.1) is 29.3 Å². The summed E-state index contributed by atoms with van der Waals surface area (Å²) in [6.45, 7) is 0. The third kappa shape index (κ3) is 3.71. The molecule has 1 saturated heterocycles. The summed E-state index contributed by atoms with van der Waals surface area (Å²) in [5.74, 6) is -0.219. The SMILES string of the molecule is COC(=O)CCC[C@@H]1O[C@@H](c2ccccc2)[C@@H](I)[C@H]1O. The minimum Gasteiger partial charge on any atom is -0.469 e. The van der Waals surface area contributed by atoms with Crippen molar-refractivity contribution in [3.05, 3.63) is 35.9 Å². The molecule has 20 heavy (non-hydrogen) atoms. The van der Waals surface area contributed by atoms with Gasteiger partial charge in [-0.1, -0.05) is 52.9 Å². The number of halogens is 1. The molecule has 1 aromatic rings. The number of ether oxygens (including phenoxy) is 2. The van der Waals surface area contributed by atoms with E-state index in [9.17, 15) is 9.90 Å². The van der Waals surface area contributed by atoms with Crippen LogP contribution in [0.2, 0.25) is 0 Å². The molecule has 1 N–H and O–H groups in total. The van der Waals surface area contributed by atoms with E-state index in [2.05, 4.69) is 27.3 Å². The molecule has 0 unspecified atom stereocenters. The highest BCUT2D eigenvalue weighted by Crippen LogP contribution is 2.39. The van der Waals surface area contributed by atoms with Crippen molar-refractivity contribution in [2.45, 2.75) is 41.5 Å². The van der Waals surface area contributed by atoms with Crippen LogP contribution in [0.3, 0.4) is 0 Å². The third-order valence-corrected chi connectivity index (χ3v) is 4.93. The van der Waals surface area contributed by atoms with Gasteiger partial charge in [-0.2, -0.15) is 0 Å². The van der Waals surface area contributed by atoms with Gasteiger partial charge in [0.15, 0.2) is 0 Å². The Morgan fingerprint density at radius 3 is 2.75 bits per heavy atom. The summed E-state index contributed by atoms with van der Waals surface area (Å²) in [4.78, 5) is 11.1. The van der Waals surface area contributed by atoms with Gasteiger partial charge in [0.1, 0.15) is 0 Å². The van der Waals surface area contributed by atoms with Crippen molar-refractivity contribution < 1.29 is 19.4 Å². The summed E-state index contributed by atoms with van der Waals surface area (Å²) in [7, 11) is 1.38. The summed E-state index contributed by atoms with van der Waals surface area (Å²) in [5.41, 5.74) is 1.08. The highest BCUT2D eigenvalue weighted by molar-refractivity contribution is 14.1. The van der Waals surface area contributed by atoms with Crippen molar-refractivity contribution in [3.63, 3.8) is 0 Å².